The summed E-state index contributed by atoms with van der Waals surface area (Å²) in [5, 5.41) is 25.2. The SMILES string of the molecule is Cc1[nH]c2ccccc2c1/C=N\N1c2nonc2Nc2nonc21. The average Bonchev–Trinajstić information content (AvgIpc) is 3.29. The first-order valence-electron chi connectivity index (χ1n) is 7.15. The summed E-state index contributed by atoms with van der Waals surface area (Å²) in [6.07, 6.45) is 1.73. The lowest BCUT2D eigenvalue weighted by atomic mass is 10.1. The summed E-state index contributed by atoms with van der Waals surface area (Å²) in [7, 11) is 0. The number of para-hydroxylation sites is 1. The van der Waals surface area contributed by atoms with Crippen LogP contribution in [0, 0.1) is 6.92 Å². The van der Waals surface area contributed by atoms with E-state index in [-0.39, 0.29) is 0 Å². The number of aromatic nitrogens is 5. The third-order valence-electron chi connectivity index (χ3n) is 3.83. The van der Waals surface area contributed by atoms with Crippen molar-refractivity contribution in [2.45, 2.75) is 6.92 Å². The maximum absolute atomic E-state index is 4.76. The number of aryl methyl sites for hydroxylation is 1. The number of hydrazone groups is 1. The topological polar surface area (TPSA) is 121 Å². The second-order valence-electron chi connectivity index (χ2n) is 5.26. The molecule has 0 atom stereocenters. The molecule has 0 radical (unpaired) electrons. The molecule has 0 saturated carbocycles. The third-order valence-corrected chi connectivity index (χ3v) is 3.83. The molecule has 3 aromatic heterocycles. The smallest absolute Gasteiger partial charge is 0.244 e. The fourth-order valence-electron chi connectivity index (χ4n) is 2.71. The Morgan fingerprint density at radius 1 is 1.04 bits per heavy atom. The summed E-state index contributed by atoms with van der Waals surface area (Å²) in [6.45, 7) is 1.99. The predicted octanol–water partition coefficient (Wildman–Crippen LogP) is 2.47. The molecule has 5 rings (SSSR count). The molecule has 0 amide bonds. The van der Waals surface area contributed by atoms with Crippen molar-refractivity contribution < 1.29 is 9.26 Å². The lowest BCUT2D eigenvalue weighted by Crippen LogP contribution is -2.17. The second-order valence-corrected chi connectivity index (χ2v) is 5.26. The standard InChI is InChI=1S/C14H10N8O2/c1-7-9(8-4-2-3-5-10(8)16-7)6-15-22-13-11(18-23-20-13)17-12-14(22)21-24-19-12/h2-6,16H,1H3,(H,17,18,19)/b15-6-. The molecule has 118 valence electrons. The third kappa shape index (κ3) is 1.73. The molecule has 4 heterocycles. The number of nitrogens with zero attached hydrogens (tertiary/aromatic N) is 6. The second kappa shape index (κ2) is 4.65. The summed E-state index contributed by atoms with van der Waals surface area (Å²) in [4.78, 5) is 3.33. The van der Waals surface area contributed by atoms with Crippen LogP contribution in [-0.2, 0) is 0 Å². The summed E-state index contributed by atoms with van der Waals surface area (Å²) >= 11 is 0. The minimum Gasteiger partial charge on any atom is -0.358 e. The van der Waals surface area contributed by atoms with Gasteiger partial charge in [0, 0.05) is 22.2 Å². The molecule has 1 aromatic carbocycles. The highest BCUT2D eigenvalue weighted by atomic mass is 16.6. The molecule has 4 aromatic rings. The number of hydrogen-bond donors (Lipinski definition) is 2. The van der Waals surface area contributed by atoms with Gasteiger partial charge in [-0.1, -0.05) is 18.2 Å². The largest absolute Gasteiger partial charge is 0.358 e. The highest BCUT2D eigenvalue weighted by Crippen LogP contribution is 2.39. The zero-order chi connectivity index (χ0) is 16.1. The summed E-state index contributed by atoms with van der Waals surface area (Å²) in [5.41, 5.74) is 3.02. The Morgan fingerprint density at radius 3 is 2.50 bits per heavy atom. The van der Waals surface area contributed by atoms with E-state index in [1.54, 1.807) is 6.21 Å². The lowest BCUT2D eigenvalue weighted by molar-refractivity contribution is 0.304. The van der Waals surface area contributed by atoms with Crippen molar-refractivity contribution in [3.8, 4) is 0 Å². The van der Waals surface area contributed by atoms with E-state index in [9.17, 15) is 0 Å². The van der Waals surface area contributed by atoms with E-state index in [1.165, 1.54) is 5.01 Å². The van der Waals surface area contributed by atoms with Crippen molar-refractivity contribution in [2.24, 2.45) is 5.10 Å². The molecular weight excluding hydrogens is 312 g/mol. The van der Waals surface area contributed by atoms with Crippen molar-refractivity contribution in [1.82, 2.24) is 25.6 Å². The van der Waals surface area contributed by atoms with E-state index in [4.69, 9.17) is 9.26 Å². The molecule has 0 aliphatic carbocycles. The molecule has 0 spiro atoms. The zero-order valence-electron chi connectivity index (χ0n) is 12.4. The van der Waals surface area contributed by atoms with Crippen LogP contribution in [0.4, 0.5) is 23.3 Å². The molecule has 10 nitrogen and oxygen atoms in total. The van der Waals surface area contributed by atoms with Gasteiger partial charge in [0.25, 0.3) is 0 Å². The molecule has 0 bridgehead atoms. The quantitative estimate of drug-likeness (QED) is 0.540. The predicted molar refractivity (Wildman–Crippen MR) is 84.6 cm³/mol. The van der Waals surface area contributed by atoms with Gasteiger partial charge in [0.15, 0.2) is 0 Å². The van der Waals surface area contributed by atoms with Crippen LogP contribution in [-0.4, -0.2) is 31.8 Å². The minimum absolute atomic E-state index is 0.381. The molecule has 0 fully saturated rings. The van der Waals surface area contributed by atoms with Gasteiger partial charge < -0.3 is 10.3 Å². The molecule has 24 heavy (non-hydrogen) atoms. The Balaban J connectivity index is 1.62. The van der Waals surface area contributed by atoms with Crippen LogP contribution in [0.3, 0.4) is 0 Å². The van der Waals surface area contributed by atoms with Gasteiger partial charge in [-0.2, -0.15) is 10.1 Å². The number of benzene rings is 1. The first-order chi connectivity index (χ1) is 11.8. The van der Waals surface area contributed by atoms with E-state index >= 15 is 0 Å². The normalized spacial score (nSPS) is 13.3. The average molecular weight is 322 g/mol. The van der Waals surface area contributed by atoms with Crippen LogP contribution in [0.2, 0.25) is 0 Å². The van der Waals surface area contributed by atoms with Crippen molar-refractivity contribution >= 4 is 40.4 Å². The molecule has 0 saturated heterocycles. The Kier molecular flexibility index (Phi) is 2.48. The molecule has 1 aliphatic heterocycles. The number of fused-ring (bicyclic) bond motifs is 3. The number of nitrogens with one attached hydrogen (secondary N) is 2. The lowest BCUT2D eigenvalue weighted by Gasteiger charge is -2.17. The summed E-state index contributed by atoms with van der Waals surface area (Å²) in [6, 6.07) is 8.02. The molecule has 1 aliphatic rings. The highest BCUT2D eigenvalue weighted by Gasteiger charge is 2.31. The maximum atomic E-state index is 4.76. The van der Waals surface area contributed by atoms with Crippen LogP contribution in [0.5, 0.6) is 0 Å². The van der Waals surface area contributed by atoms with Crippen molar-refractivity contribution in [2.75, 3.05) is 10.3 Å². The fraction of sp³-hybridized carbons (Fsp3) is 0.0714. The number of aromatic amines is 1. The van der Waals surface area contributed by atoms with Crippen LogP contribution in [0.25, 0.3) is 10.9 Å². The first-order valence-corrected chi connectivity index (χ1v) is 7.15. The Labute approximate surface area is 134 Å². The minimum atomic E-state index is 0.381. The Bertz CT molecular complexity index is 1040. The van der Waals surface area contributed by atoms with Crippen molar-refractivity contribution in [1.29, 1.82) is 0 Å². The molecular formula is C14H10N8O2. The first kappa shape index (κ1) is 12.8. The molecule has 10 heteroatoms. The zero-order valence-corrected chi connectivity index (χ0v) is 12.4. The van der Waals surface area contributed by atoms with Gasteiger partial charge in [0.05, 0.1) is 6.21 Å². The number of H-pyrrole nitrogens is 1. The van der Waals surface area contributed by atoms with E-state index in [0.29, 0.717) is 23.3 Å². The summed E-state index contributed by atoms with van der Waals surface area (Å²) in [5.74, 6) is 1.55. The van der Waals surface area contributed by atoms with Gasteiger partial charge in [-0.15, -0.1) is 0 Å². The van der Waals surface area contributed by atoms with Gasteiger partial charge >= 0.3 is 0 Å². The van der Waals surface area contributed by atoms with Gasteiger partial charge in [-0.25, -0.2) is 9.26 Å². The number of anilines is 4. The van der Waals surface area contributed by atoms with Crippen LogP contribution in [0.15, 0.2) is 38.6 Å². The van der Waals surface area contributed by atoms with E-state index < -0.39 is 0 Å². The molecule has 0 unspecified atom stereocenters. The summed E-state index contributed by atoms with van der Waals surface area (Å²) < 4.78 is 9.52. The van der Waals surface area contributed by atoms with Gasteiger partial charge in [-0.05, 0) is 33.6 Å². The van der Waals surface area contributed by atoms with Gasteiger partial charge in [-0.3, -0.25) is 0 Å². The highest BCUT2D eigenvalue weighted by molar-refractivity contribution is 6.01. The Hall–Kier alpha value is -3.69. The van der Waals surface area contributed by atoms with Crippen molar-refractivity contribution in [3.63, 3.8) is 0 Å². The Morgan fingerprint density at radius 2 is 1.75 bits per heavy atom. The fourth-order valence-corrected chi connectivity index (χ4v) is 2.71. The monoisotopic (exact) mass is 322 g/mol. The van der Waals surface area contributed by atoms with E-state index in [1.807, 2.05) is 31.2 Å². The van der Waals surface area contributed by atoms with Crippen LogP contribution in [0.1, 0.15) is 11.3 Å². The van der Waals surface area contributed by atoms with Crippen LogP contribution >= 0.6 is 0 Å². The van der Waals surface area contributed by atoms with Gasteiger partial charge in [0.2, 0.25) is 23.3 Å². The molecule has 2 N–H and O–H groups in total. The van der Waals surface area contributed by atoms with Crippen molar-refractivity contribution in [3.05, 3.63) is 35.5 Å². The number of rotatable bonds is 2. The van der Waals surface area contributed by atoms with E-state index in [2.05, 4.69) is 36.0 Å². The van der Waals surface area contributed by atoms with Crippen LogP contribution < -0.4 is 10.3 Å². The maximum Gasteiger partial charge on any atom is 0.244 e. The van der Waals surface area contributed by atoms with Gasteiger partial charge in [0.1, 0.15) is 0 Å². The van der Waals surface area contributed by atoms with E-state index in [0.717, 1.165) is 22.2 Å². The number of hydrogen-bond acceptors (Lipinski definition) is 9.